The predicted molar refractivity (Wildman–Crippen MR) is 66.2 cm³/mol. The average molecular weight is 274 g/mol. The Hall–Kier alpha value is -1.36. The summed E-state index contributed by atoms with van der Waals surface area (Å²) in [6.45, 7) is 5.47. The van der Waals surface area contributed by atoms with Gasteiger partial charge < -0.3 is 4.74 Å². The molecule has 0 aromatic heterocycles. The van der Waals surface area contributed by atoms with Crippen molar-refractivity contribution >= 4 is 5.78 Å². The van der Waals surface area contributed by atoms with Crippen LogP contribution in [0.3, 0.4) is 0 Å². The minimum Gasteiger partial charge on any atom is -0.370 e. The highest BCUT2D eigenvalue weighted by atomic mass is 19.4. The molecule has 0 saturated heterocycles. The molecule has 5 heteroatoms. The van der Waals surface area contributed by atoms with Gasteiger partial charge in [-0.1, -0.05) is 13.0 Å². The second-order valence-corrected chi connectivity index (χ2v) is 4.24. The molecule has 1 rings (SSSR count). The molecule has 1 aromatic rings. The monoisotopic (exact) mass is 274 g/mol. The van der Waals surface area contributed by atoms with Gasteiger partial charge in [0.15, 0.2) is 5.78 Å². The Kier molecular flexibility index (Phi) is 5.11. The number of ether oxygens (including phenoxy) is 1. The van der Waals surface area contributed by atoms with Crippen LogP contribution in [0, 0.1) is 6.92 Å². The molecule has 1 unspecified atom stereocenters. The van der Waals surface area contributed by atoms with Crippen LogP contribution in [0.4, 0.5) is 13.2 Å². The van der Waals surface area contributed by atoms with E-state index in [9.17, 15) is 18.0 Å². The van der Waals surface area contributed by atoms with Crippen molar-refractivity contribution in [2.45, 2.75) is 39.5 Å². The second-order valence-electron chi connectivity index (χ2n) is 4.24. The van der Waals surface area contributed by atoms with Crippen molar-refractivity contribution in [1.82, 2.24) is 0 Å². The zero-order valence-corrected chi connectivity index (χ0v) is 11.2. The van der Waals surface area contributed by atoms with E-state index in [0.717, 1.165) is 12.1 Å². The van der Waals surface area contributed by atoms with Crippen molar-refractivity contribution < 1.29 is 22.7 Å². The second kappa shape index (κ2) is 6.19. The van der Waals surface area contributed by atoms with E-state index >= 15 is 0 Å². The summed E-state index contributed by atoms with van der Waals surface area (Å²) in [5.74, 6) is -0.268. The van der Waals surface area contributed by atoms with Crippen LogP contribution in [0.15, 0.2) is 18.2 Å². The van der Waals surface area contributed by atoms with Gasteiger partial charge >= 0.3 is 6.18 Å². The van der Waals surface area contributed by atoms with Crippen molar-refractivity contribution in [1.29, 1.82) is 0 Å². The van der Waals surface area contributed by atoms with Crippen LogP contribution in [0.25, 0.3) is 0 Å². The van der Waals surface area contributed by atoms with Crippen LogP contribution in [-0.4, -0.2) is 18.5 Å². The summed E-state index contributed by atoms with van der Waals surface area (Å²) in [6, 6.07) is 3.15. The molecule has 0 aliphatic rings. The number of benzene rings is 1. The van der Waals surface area contributed by atoms with Crippen LogP contribution in [0.1, 0.15) is 41.8 Å². The number of ketones is 1. The lowest BCUT2D eigenvalue weighted by Crippen LogP contribution is -2.24. The largest absolute Gasteiger partial charge is 0.416 e. The Morgan fingerprint density at radius 3 is 2.37 bits per heavy atom. The maximum absolute atomic E-state index is 12.5. The van der Waals surface area contributed by atoms with Crippen LogP contribution in [0.2, 0.25) is 0 Å². The highest BCUT2D eigenvalue weighted by molar-refractivity contribution is 6.00. The van der Waals surface area contributed by atoms with E-state index in [4.69, 9.17) is 4.74 Å². The van der Waals surface area contributed by atoms with Gasteiger partial charge in [-0.2, -0.15) is 13.2 Å². The smallest absolute Gasteiger partial charge is 0.370 e. The molecular formula is C14H17F3O2. The highest BCUT2D eigenvalue weighted by Crippen LogP contribution is 2.30. The molecule has 0 amide bonds. The van der Waals surface area contributed by atoms with E-state index in [0.29, 0.717) is 18.6 Å². The van der Waals surface area contributed by atoms with Gasteiger partial charge in [0.2, 0.25) is 0 Å². The van der Waals surface area contributed by atoms with Crippen molar-refractivity contribution in [3.05, 3.63) is 34.9 Å². The molecule has 0 heterocycles. The molecule has 0 saturated carbocycles. The van der Waals surface area contributed by atoms with Crippen LogP contribution in [0.5, 0.6) is 0 Å². The predicted octanol–water partition coefficient (Wildman–Crippen LogP) is 4.01. The van der Waals surface area contributed by atoms with Gasteiger partial charge in [-0.05, 0) is 38.0 Å². The van der Waals surface area contributed by atoms with E-state index in [1.807, 2.05) is 0 Å². The maximum Gasteiger partial charge on any atom is 0.416 e. The molecular weight excluding hydrogens is 257 g/mol. The van der Waals surface area contributed by atoms with E-state index in [2.05, 4.69) is 0 Å². The lowest BCUT2D eigenvalue weighted by molar-refractivity contribution is -0.137. The number of alkyl halides is 3. The maximum atomic E-state index is 12.5. The summed E-state index contributed by atoms with van der Waals surface area (Å²) in [7, 11) is 0. The van der Waals surface area contributed by atoms with E-state index in [1.54, 1.807) is 13.8 Å². The fourth-order valence-corrected chi connectivity index (χ4v) is 1.87. The van der Waals surface area contributed by atoms with Crippen LogP contribution < -0.4 is 0 Å². The molecule has 1 atom stereocenters. The van der Waals surface area contributed by atoms with Gasteiger partial charge in [-0.25, -0.2) is 0 Å². The summed E-state index contributed by atoms with van der Waals surface area (Å²) < 4.78 is 42.9. The van der Waals surface area contributed by atoms with Crippen molar-refractivity contribution in [2.24, 2.45) is 0 Å². The molecule has 2 nitrogen and oxygen atoms in total. The average Bonchev–Trinajstić information content (AvgIpc) is 2.34. The van der Waals surface area contributed by atoms with E-state index in [1.165, 1.54) is 13.0 Å². The number of hydrogen-bond acceptors (Lipinski definition) is 2. The van der Waals surface area contributed by atoms with Crippen molar-refractivity contribution in [3.63, 3.8) is 0 Å². The Balaban J connectivity index is 3.05. The first-order valence-electron chi connectivity index (χ1n) is 6.14. The first kappa shape index (κ1) is 15.7. The number of carbonyl (C=O) groups excluding carboxylic acids is 1. The number of rotatable bonds is 5. The molecule has 1 aromatic carbocycles. The third-order valence-corrected chi connectivity index (χ3v) is 2.85. The first-order chi connectivity index (χ1) is 8.81. The quantitative estimate of drug-likeness (QED) is 0.758. The molecule has 19 heavy (non-hydrogen) atoms. The summed E-state index contributed by atoms with van der Waals surface area (Å²) in [5, 5.41) is 0. The van der Waals surface area contributed by atoms with E-state index < -0.39 is 17.8 Å². The van der Waals surface area contributed by atoms with Gasteiger partial charge in [-0.15, -0.1) is 0 Å². The van der Waals surface area contributed by atoms with Crippen LogP contribution >= 0.6 is 0 Å². The van der Waals surface area contributed by atoms with E-state index in [-0.39, 0.29) is 11.3 Å². The molecule has 0 aliphatic carbocycles. The molecule has 0 spiro atoms. The fourth-order valence-electron chi connectivity index (χ4n) is 1.87. The van der Waals surface area contributed by atoms with Gasteiger partial charge in [0.25, 0.3) is 0 Å². The summed E-state index contributed by atoms with van der Waals surface area (Å²) in [5.41, 5.74) is -0.141. The topological polar surface area (TPSA) is 26.3 Å². The van der Waals surface area contributed by atoms with Gasteiger partial charge in [0.05, 0.1) is 5.56 Å². The first-order valence-corrected chi connectivity index (χ1v) is 6.14. The Labute approximate surface area is 110 Å². The van der Waals surface area contributed by atoms with Gasteiger partial charge in [-0.3, -0.25) is 4.79 Å². The van der Waals surface area contributed by atoms with Gasteiger partial charge in [0, 0.05) is 12.2 Å². The summed E-state index contributed by atoms with van der Waals surface area (Å²) in [6.07, 6.45) is -4.50. The lowest BCUT2D eigenvalue weighted by atomic mass is 9.97. The Bertz CT molecular complexity index is 452. The van der Waals surface area contributed by atoms with Crippen LogP contribution in [-0.2, 0) is 10.9 Å². The third kappa shape index (κ3) is 3.80. The number of carbonyl (C=O) groups is 1. The molecule has 0 fully saturated rings. The molecule has 0 radical (unpaired) electrons. The minimum absolute atomic E-state index is 0.268. The van der Waals surface area contributed by atoms with Crippen molar-refractivity contribution in [2.75, 3.05) is 6.61 Å². The molecule has 0 aliphatic heterocycles. The summed E-state index contributed by atoms with van der Waals surface area (Å²) in [4.78, 5) is 12.1. The minimum atomic E-state index is -4.39. The standard InChI is InChI=1S/C14H17F3O2/c1-4-12(19-5-2)13(18)11-7-6-10(8-9(11)3)14(15,16)17/h6-8,12H,4-5H2,1-3H3. The number of hydrogen-bond donors (Lipinski definition) is 0. The number of halogens is 3. The normalized spacial score (nSPS) is 13.4. The van der Waals surface area contributed by atoms with Crippen molar-refractivity contribution in [3.8, 4) is 0 Å². The summed E-state index contributed by atoms with van der Waals surface area (Å²) >= 11 is 0. The third-order valence-electron chi connectivity index (χ3n) is 2.85. The number of aryl methyl sites for hydroxylation is 1. The fraction of sp³-hybridized carbons (Fsp3) is 0.500. The van der Waals surface area contributed by atoms with Gasteiger partial charge in [0.1, 0.15) is 6.10 Å². The lowest BCUT2D eigenvalue weighted by Gasteiger charge is -2.16. The number of Topliss-reactive ketones (excluding diaryl/α,β-unsaturated/α-hetero) is 1. The molecule has 0 N–H and O–H groups in total. The zero-order valence-electron chi connectivity index (χ0n) is 11.2. The highest BCUT2D eigenvalue weighted by Gasteiger charge is 2.31. The Morgan fingerprint density at radius 1 is 1.32 bits per heavy atom. The zero-order chi connectivity index (χ0) is 14.6. The molecule has 106 valence electrons. The molecule has 0 bridgehead atoms. The Morgan fingerprint density at radius 2 is 1.95 bits per heavy atom. The SMILES string of the molecule is CCOC(CC)C(=O)c1ccc(C(F)(F)F)cc1C.